The summed E-state index contributed by atoms with van der Waals surface area (Å²) < 4.78 is 6.02. The van der Waals surface area contributed by atoms with E-state index in [0.29, 0.717) is 18.8 Å². The van der Waals surface area contributed by atoms with E-state index in [0.717, 1.165) is 9.90 Å². The zero-order valence-corrected chi connectivity index (χ0v) is 13.3. The first-order valence-corrected chi connectivity index (χ1v) is 8.44. The number of nitrogens with zero attached hydrogens (tertiary/aromatic N) is 2. The molecule has 2 rings (SSSR count). The molecule has 2 N–H and O–H groups in total. The number of aromatic nitrogens is 2. The van der Waals surface area contributed by atoms with Gasteiger partial charge in [0.2, 0.25) is 0 Å². The SMILES string of the molecule is CCOC(=O)C(N)(CCSc1nncs1)c1ccccc1. The molecule has 0 radical (unpaired) electrons. The van der Waals surface area contributed by atoms with Gasteiger partial charge in [0.1, 0.15) is 11.0 Å². The van der Waals surface area contributed by atoms with E-state index >= 15 is 0 Å². The van der Waals surface area contributed by atoms with Crippen LogP contribution in [0.25, 0.3) is 0 Å². The molecule has 1 aromatic carbocycles. The Morgan fingerprint density at radius 2 is 2.19 bits per heavy atom. The monoisotopic (exact) mass is 323 g/mol. The smallest absolute Gasteiger partial charge is 0.330 e. The van der Waals surface area contributed by atoms with E-state index in [9.17, 15) is 4.79 Å². The van der Waals surface area contributed by atoms with Crippen LogP contribution in [0.4, 0.5) is 0 Å². The third kappa shape index (κ3) is 4.03. The Kier molecular flexibility index (Phi) is 5.72. The fourth-order valence-corrected chi connectivity index (χ4v) is 3.52. The van der Waals surface area contributed by atoms with Gasteiger partial charge in [-0.1, -0.05) is 53.4 Å². The van der Waals surface area contributed by atoms with E-state index in [1.165, 1.54) is 11.3 Å². The second-order valence-electron chi connectivity index (χ2n) is 4.36. The Labute approximate surface area is 131 Å². The molecule has 0 bridgehead atoms. The lowest BCUT2D eigenvalue weighted by Crippen LogP contribution is -2.46. The molecular formula is C14H17N3O2S2. The van der Waals surface area contributed by atoms with Crippen molar-refractivity contribution in [3.8, 4) is 0 Å². The molecule has 0 aliphatic carbocycles. The van der Waals surface area contributed by atoms with Gasteiger partial charge in [-0.25, -0.2) is 4.79 Å². The molecule has 1 unspecified atom stereocenters. The third-order valence-electron chi connectivity index (χ3n) is 2.99. The molecule has 1 atom stereocenters. The van der Waals surface area contributed by atoms with Gasteiger partial charge < -0.3 is 10.5 Å². The minimum Gasteiger partial charge on any atom is -0.464 e. The van der Waals surface area contributed by atoms with Gasteiger partial charge in [-0.05, 0) is 18.9 Å². The number of hydrogen-bond donors (Lipinski definition) is 1. The zero-order valence-electron chi connectivity index (χ0n) is 11.7. The van der Waals surface area contributed by atoms with Gasteiger partial charge in [0.25, 0.3) is 0 Å². The van der Waals surface area contributed by atoms with Crippen molar-refractivity contribution in [3.63, 3.8) is 0 Å². The number of carbonyl (C=O) groups excluding carboxylic acids is 1. The van der Waals surface area contributed by atoms with Crippen molar-refractivity contribution >= 4 is 29.1 Å². The number of ether oxygens (including phenoxy) is 1. The summed E-state index contributed by atoms with van der Waals surface area (Å²) >= 11 is 3.01. The minimum atomic E-state index is -1.13. The first-order valence-electron chi connectivity index (χ1n) is 6.57. The van der Waals surface area contributed by atoms with E-state index < -0.39 is 11.5 Å². The van der Waals surface area contributed by atoms with Gasteiger partial charge >= 0.3 is 5.97 Å². The summed E-state index contributed by atoms with van der Waals surface area (Å²) in [5, 5.41) is 7.75. The molecule has 7 heteroatoms. The number of hydrogen-bond acceptors (Lipinski definition) is 7. The highest BCUT2D eigenvalue weighted by Gasteiger charge is 2.37. The Morgan fingerprint density at radius 1 is 1.43 bits per heavy atom. The molecule has 0 saturated carbocycles. The summed E-state index contributed by atoms with van der Waals surface area (Å²) in [5.74, 6) is 0.272. The number of nitrogens with two attached hydrogens (primary N) is 1. The van der Waals surface area contributed by atoms with Crippen LogP contribution in [0.5, 0.6) is 0 Å². The lowest BCUT2D eigenvalue weighted by molar-refractivity contribution is -0.150. The first-order chi connectivity index (χ1) is 10.2. The fourth-order valence-electron chi connectivity index (χ4n) is 1.88. The number of rotatable bonds is 7. The van der Waals surface area contributed by atoms with Crippen LogP contribution in [0, 0.1) is 0 Å². The number of thioether (sulfide) groups is 1. The van der Waals surface area contributed by atoms with Crippen LogP contribution in [0.15, 0.2) is 40.2 Å². The molecule has 0 saturated heterocycles. The quantitative estimate of drug-likeness (QED) is 0.623. The molecule has 0 amide bonds. The maximum atomic E-state index is 12.3. The topological polar surface area (TPSA) is 78.1 Å². The number of carbonyl (C=O) groups is 1. The van der Waals surface area contributed by atoms with Crippen molar-refractivity contribution < 1.29 is 9.53 Å². The molecule has 0 fully saturated rings. The Morgan fingerprint density at radius 3 is 2.81 bits per heavy atom. The third-order valence-corrected chi connectivity index (χ3v) is 4.85. The molecule has 112 valence electrons. The van der Waals surface area contributed by atoms with E-state index in [-0.39, 0.29) is 0 Å². The zero-order chi connectivity index (χ0) is 15.1. The summed E-state index contributed by atoms with van der Waals surface area (Å²) in [4.78, 5) is 12.3. The van der Waals surface area contributed by atoms with Gasteiger partial charge in [0.05, 0.1) is 6.61 Å². The minimum absolute atomic E-state index is 0.314. The average molecular weight is 323 g/mol. The van der Waals surface area contributed by atoms with Crippen molar-refractivity contribution in [1.82, 2.24) is 10.2 Å². The van der Waals surface area contributed by atoms with Gasteiger partial charge in [0, 0.05) is 5.75 Å². The standard InChI is InChI=1S/C14H17N3O2S2/c1-2-19-12(18)14(15,11-6-4-3-5-7-11)8-9-20-13-17-16-10-21-13/h3-7,10H,2,8-9,15H2,1H3. The highest BCUT2D eigenvalue weighted by atomic mass is 32.2. The van der Waals surface area contributed by atoms with Crippen LogP contribution in [-0.4, -0.2) is 28.5 Å². The van der Waals surface area contributed by atoms with Crippen molar-refractivity contribution in [3.05, 3.63) is 41.4 Å². The first kappa shape index (κ1) is 15.9. The van der Waals surface area contributed by atoms with Crippen LogP contribution < -0.4 is 5.73 Å². The molecule has 5 nitrogen and oxygen atoms in total. The predicted octanol–water partition coefficient (Wildman–Crippen LogP) is 2.44. The number of esters is 1. The average Bonchev–Trinajstić information content (AvgIpc) is 3.01. The molecule has 0 spiro atoms. The molecular weight excluding hydrogens is 306 g/mol. The van der Waals surface area contributed by atoms with Crippen molar-refractivity contribution in [1.29, 1.82) is 0 Å². The predicted molar refractivity (Wildman–Crippen MR) is 84.2 cm³/mol. The second-order valence-corrected chi connectivity index (χ2v) is 6.54. The van der Waals surface area contributed by atoms with Crippen molar-refractivity contribution in [2.45, 2.75) is 23.2 Å². The molecule has 2 aromatic rings. The van der Waals surface area contributed by atoms with E-state index in [1.807, 2.05) is 30.3 Å². The Bertz CT molecular complexity index is 563. The summed E-state index contributed by atoms with van der Waals surface area (Å²) in [6, 6.07) is 9.34. The normalized spacial score (nSPS) is 13.6. The Balaban J connectivity index is 2.10. The highest BCUT2D eigenvalue weighted by molar-refractivity contribution is 8.00. The summed E-state index contributed by atoms with van der Waals surface area (Å²) in [5.41, 5.74) is 7.68. The van der Waals surface area contributed by atoms with Crippen LogP contribution >= 0.6 is 23.1 Å². The van der Waals surface area contributed by atoms with Gasteiger partial charge in [-0.2, -0.15) is 0 Å². The van der Waals surface area contributed by atoms with E-state index in [2.05, 4.69) is 10.2 Å². The lowest BCUT2D eigenvalue weighted by atomic mass is 9.88. The summed E-state index contributed by atoms with van der Waals surface area (Å²) in [6.45, 7) is 2.09. The number of benzene rings is 1. The van der Waals surface area contributed by atoms with Crippen LogP contribution in [0.3, 0.4) is 0 Å². The molecule has 1 heterocycles. The maximum absolute atomic E-state index is 12.3. The molecule has 0 aliphatic rings. The van der Waals surface area contributed by atoms with Crippen molar-refractivity contribution in [2.24, 2.45) is 5.73 Å². The van der Waals surface area contributed by atoms with E-state index in [4.69, 9.17) is 10.5 Å². The van der Waals surface area contributed by atoms with E-state index in [1.54, 1.807) is 24.2 Å². The van der Waals surface area contributed by atoms with Gasteiger partial charge in [0.15, 0.2) is 4.34 Å². The van der Waals surface area contributed by atoms with Gasteiger partial charge in [-0.15, -0.1) is 10.2 Å². The summed E-state index contributed by atoms with van der Waals surface area (Å²) in [6.07, 6.45) is 0.472. The molecule has 21 heavy (non-hydrogen) atoms. The van der Waals surface area contributed by atoms with Gasteiger partial charge in [-0.3, -0.25) is 0 Å². The lowest BCUT2D eigenvalue weighted by Gasteiger charge is -2.27. The van der Waals surface area contributed by atoms with Crippen LogP contribution in [-0.2, 0) is 15.1 Å². The molecule has 0 aliphatic heterocycles. The second kappa shape index (κ2) is 7.53. The maximum Gasteiger partial charge on any atom is 0.330 e. The highest BCUT2D eigenvalue weighted by Crippen LogP contribution is 2.28. The summed E-state index contributed by atoms with van der Waals surface area (Å²) in [7, 11) is 0. The molecule has 1 aromatic heterocycles. The van der Waals surface area contributed by atoms with Crippen LogP contribution in [0.1, 0.15) is 18.9 Å². The largest absolute Gasteiger partial charge is 0.464 e. The van der Waals surface area contributed by atoms with Crippen molar-refractivity contribution in [2.75, 3.05) is 12.4 Å². The Hall–Kier alpha value is -1.44. The van der Waals surface area contributed by atoms with Crippen LogP contribution in [0.2, 0.25) is 0 Å². The fraction of sp³-hybridized carbons (Fsp3) is 0.357.